The van der Waals surface area contributed by atoms with Gasteiger partial charge in [-0.25, -0.2) is 4.39 Å². The molecule has 2 aromatic carbocycles. The molecule has 1 aliphatic heterocycles. The number of methoxy groups -OCH3 is 1. The summed E-state index contributed by atoms with van der Waals surface area (Å²) in [6.45, 7) is 5.92. The molecule has 2 N–H and O–H groups in total. The van der Waals surface area contributed by atoms with Crippen molar-refractivity contribution in [3.05, 3.63) is 89.5 Å². The van der Waals surface area contributed by atoms with Gasteiger partial charge in [0.25, 0.3) is 0 Å². The van der Waals surface area contributed by atoms with Gasteiger partial charge in [-0.3, -0.25) is 0 Å². The predicted molar refractivity (Wildman–Crippen MR) is 106 cm³/mol. The zero-order valence-electron chi connectivity index (χ0n) is 15.9. The number of benzene rings is 2. The van der Waals surface area contributed by atoms with E-state index in [1.807, 2.05) is 18.2 Å². The number of allylic oxidation sites excluding steroid dienone is 4. The summed E-state index contributed by atoms with van der Waals surface area (Å²) in [5.74, 6) is 0.422. The van der Waals surface area contributed by atoms with Gasteiger partial charge in [0.05, 0.1) is 13.7 Å². The minimum atomic E-state index is -0.418. The summed E-state index contributed by atoms with van der Waals surface area (Å²) in [4.78, 5) is 0. The first-order chi connectivity index (χ1) is 13.4. The number of hydrogen-bond acceptors (Lipinski definition) is 4. The Balaban J connectivity index is 2.02. The Labute approximate surface area is 163 Å². The van der Waals surface area contributed by atoms with E-state index in [1.54, 1.807) is 36.4 Å². The Kier molecular flexibility index (Phi) is 5.73. The van der Waals surface area contributed by atoms with Crippen molar-refractivity contribution in [2.24, 2.45) is 0 Å². The Morgan fingerprint density at radius 3 is 2.46 bits per heavy atom. The van der Waals surface area contributed by atoms with E-state index < -0.39 is 5.83 Å². The summed E-state index contributed by atoms with van der Waals surface area (Å²) in [7, 11) is 1.41. The highest BCUT2D eigenvalue weighted by Gasteiger charge is 2.33. The maximum Gasteiger partial charge on any atom is 0.149 e. The Bertz CT molecular complexity index is 924. The van der Waals surface area contributed by atoms with E-state index in [9.17, 15) is 14.6 Å². The average molecular weight is 382 g/mol. The third-order valence-electron chi connectivity index (χ3n) is 4.88. The van der Waals surface area contributed by atoms with Crippen LogP contribution >= 0.6 is 0 Å². The molecule has 5 heteroatoms. The van der Waals surface area contributed by atoms with Crippen molar-refractivity contribution in [2.75, 3.05) is 13.7 Å². The van der Waals surface area contributed by atoms with Crippen LogP contribution in [0, 0.1) is 0 Å². The molecule has 0 aromatic heterocycles. The molecule has 0 unspecified atom stereocenters. The Hall–Kier alpha value is -3.21. The molecule has 28 heavy (non-hydrogen) atoms. The van der Waals surface area contributed by atoms with Gasteiger partial charge >= 0.3 is 0 Å². The molecule has 0 spiro atoms. The molecule has 0 saturated carbocycles. The molecule has 0 bridgehead atoms. The molecule has 146 valence electrons. The van der Waals surface area contributed by atoms with Crippen LogP contribution in [-0.4, -0.2) is 23.9 Å². The van der Waals surface area contributed by atoms with Crippen LogP contribution in [0.5, 0.6) is 17.2 Å². The fourth-order valence-corrected chi connectivity index (χ4v) is 3.48. The molecular formula is C23H23FO4. The van der Waals surface area contributed by atoms with Crippen molar-refractivity contribution in [3.63, 3.8) is 0 Å². The highest BCUT2D eigenvalue weighted by atomic mass is 19.1. The topological polar surface area (TPSA) is 58.9 Å². The van der Waals surface area contributed by atoms with Crippen LogP contribution in [-0.2, 0) is 4.74 Å². The summed E-state index contributed by atoms with van der Waals surface area (Å²) in [6.07, 6.45) is 3.29. The standard InChI is InChI=1S/C23H23FO4/c1-14(4-11-21(27-3)15(2)24)23-19-10-9-18(26)12-22(19)28-13-20(23)16-5-7-17(25)8-6-16/h4-12,20,23,25-26H,1,13H2,2-3H3/b11-4-,21-15-/t20-,23-/m0/s1. The zero-order valence-corrected chi connectivity index (χ0v) is 15.9. The number of ether oxygens (including phenoxy) is 2. The van der Waals surface area contributed by atoms with E-state index >= 15 is 0 Å². The molecule has 0 radical (unpaired) electrons. The molecule has 2 aromatic rings. The first-order valence-electron chi connectivity index (χ1n) is 8.92. The fourth-order valence-electron chi connectivity index (χ4n) is 3.48. The van der Waals surface area contributed by atoms with E-state index in [4.69, 9.17) is 9.47 Å². The van der Waals surface area contributed by atoms with Crippen LogP contribution in [0.15, 0.2) is 78.4 Å². The number of aromatic hydroxyl groups is 2. The van der Waals surface area contributed by atoms with Crippen molar-refractivity contribution < 1.29 is 24.1 Å². The highest BCUT2D eigenvalue weighted by molar-refractivity contribution is 5.51. The van der Waals surface area contributed by atoms with Crippen molar-refractivity contribution in [2.45, 2.75) is 18.8 Å². The monoisotopic (exact) mass is 382 g/mol. The lowest BCUT2D eigenvalue weighted by Gasteiger charge is -2.34. The number of hydrogen-bond donors (Lipinski definition) is 2. The number of phenols is 2. The molecular weight excluding hydrogens is 359 g/mol. The predicted octanol–water partition coefficient (Wildman–Crippen LogP) is 5.32. The average Bonchev–Trinajstić information content (AvgIpc) is 2.67. The van der Waals surface area contributed by atoms with Crippen molar-refractivity contribution in [1.82, 2.24) is 0 Å². The molecule has 0 amide bonds. The van der Waals surface area contributed by atoms with Crippen molar-refractivity contribution >= 4 is 0 Å². The molecule has 4 nitrogen and oxygen atoms in total. The van der Waals surface area contributed by atoms with Crippen LogP contribution in [0.2, 0.25) is 0 Å². The highest BCUT2D eigenvalue weighted by Crippen LogP contribution is 2.47. The van der Waals surface area contributed by atoms with Crippen LogP contribution in [0.4, 0.5) is 4.39 Å². The van der Waals surface area contributed by atoms with Gasteiger partial charge in [0.1, 0.15) is 28.8 Å². The van der Waals surface area contributed by atoms with Gasteiger partial charge in [-0.2, -0.15) is 0 Å². The second-order valence-corrected chi connectivity index (χ2v) is 6.72. The van der Waals surface area contributed by atoms with E-state index in [0.29, 0.717) is 12.4 Å². The summed E-state index contributed by atoms with van der Waals surface area (Å²) in [5, 5.41) is 19.4. The summed E-state index contributed by atoms with van der Waals surface area (Å²) in [6, 6.07) is 12.0. The van der Waals surface area contributed by atoms with Gasteiger partial charge in [-0.05, 0) is 42.3 Å². The molecule has 3 rings (SSSR count). The van der Waals surface area contributed by atoms with Crippen LogP contribution in [0.3, 0.4) is 0 Å². The van der Waals surface area contributed by atoms with E-state index in [0.717, 1.165) is 16.7 Å². The molecule has 0 saturated heterocycles. The normalized spacial score (nSPS) is 19.5. The summed E-state index contributed by atoms with van der Waals surface area (Å²) < 4.78 is 24.5. The smallest absolute Gasteiger partial charge is 0.149 e. The SMILES string of the molecule is C=C(/C=C\C(OC)=C(/C)F)[C@H]1c2ccc(O)cc2OC[C@H]1c1ccc(O)cc1. The lowest BCUT2D eigenvalue weighted by atomic mass is 9.76. The minimum Gasteiger partial charge on any atom is -0.508 e. The van der Waals surface area contributed by atoms with Crippen LogP contribution in [0.1, 0.15) is 29.9 Å². The number of rotatable bonds is 5. The van der Waals surface area contributed by atoms with E-state index in [2.05, 4.69) is 6.58 Å². The maximum absolute atomic E-state index is 13.5. The number of phenolic OH excluding ortho intramolecular Hbond substituents is 2. The van der Waals surface area contributed by atoms with E-state index in [1.165, 1.54) is 14.0 Å². The quantitative estimate of drug-likeness (QED) is 0.543. The largest absolute Gasteiger partial charge is 0.508 e. The molecule has 2 atom stereocenters. The second-order valence-electron chi connectivity index (χ2n) is 6.72. The third-order valence-corrected chi connectivity index (χ3v) is 4.88. The van der Waals surface area contributed by atoms with Crippen LogP contribution in [0.25, 0.3) is 0 Å². The van der Waals surface area contributed by atoms with Gasteiger partial charge in [0.2, 0.25) is 0 Å². The first kappa shape index (κ1) is 19.5. The molecule has 0 fully saturated rings. The zero-order chi connectivity index (χ0) is 20.3. The first-order valence-corrected chi connectivity index (χ1v) is 8.92. The minimum absolute atomic E-state index is 0.0590. The fraction of sp³-hybridized carbons (Fsp3) is 0.217. The van der Waals surface area contributed by atoms with Crippen molar-refractivity contribution in [3.8, 4) is 17.2 Å². The summed E-state index contributed by atoms with van der Waals surface area (Å²) in [5.41, 5.74) is 2.63. The Morgan fingerprint density at radius 1 is 1.14 bits per heavy atom. The van der Waals surface area contributed by atoms with Crippen LogP contribution < -0.4 is 4.74 Å². The molecule has 1 heterocycles. The van der Waals surface area contributed by atoms with Gasteiger partial charge in [0, 0.05) is 23.5 Å². The van der Waals surface area contributed by atoms with Crippen molar-refractivity contribution in [1.29, 1.82) is 0 Å². The second kappa shape index (κ2) is 8.21. The van der Waals surface area contributed by atoms with Gasteiger partial charge < -0.3 is 19.7 Å². The lowest BCUT2D eigenvalue weighted by molar-refractivity contribution is 0.247. The summed E-state index contributed by atoms with van der Waals surface area (Å²) >= 11 is 0. The number of fused-ring (bicyclic) bond motifs is 1. The maximum atomic E-state index is 13.5. The van der Waals surface area contributed by atoms with E-state index in [-0.39, 0.29) is 29.1 Å². The number of halogens is 1. The van der Waals surface area contributed by atoms with Gasteiger partial charge in [0.15, 0.2) is 0 Å². The third kappa shape index (κ3) is 4.03. The van der Waals surface area contributed by atoms with Gasteiger partial charge in [-0.1, -0.05) is 30.9 Å². The Morgan fingerprint density at radius 2 is 1.82 bits per heavy atom. The molecule has 1 aliphatic rings. The molecule has 0 aliphatic carbocycles. The lowest BCUT2D eigenvalue weighted by Crippen LogP contribution is -2.25. The van der Waals surface area contributed by atoms with Gasteiger partial charge in [-0.15, -0.1) is 0 Å².